The molecule has 0 saturated heterocycles. The molecule has 0 amide bonds. The van der Waals surface area contributed by atoms with E-state index in [9.17, 15) is 0 Å². The first-order chi connectivity index (χ1) is 8.06. The predicted octanol–water partition coefficient (Wildman–Crippen LogP) is 3.94. The molecule has 0 bridgehead atoms. The molecule has 2 N–H and O–H groups in total. The van der Waals surface area contributed by atoms with E-state index in [0.717, 1.165) is 17.1 Å². The van der Waals surface area contributed by atoms with Crippen molar-refractivity contribution in [2.75, 3.05) is 0 Å². The Kier molecular flexibility index (Phi) is 4.09. The maximum atomic E-state index is 6.09. The van der Waals surface area contributed by atoms with Gasteiger partial charge in [-0.3, -0.25) is 0 Å². The van der Waals surface area contributed by atoms with Crippen LogP contribution in [0.25, 0.3) is 11.3 Å². The smallest absolute Gasteiger partial charge is 0.120 e. The van der Waals surface area contributed by atoms with Crippen molar-refractivity contribution >= 4 is 34.5 Å². The summed E-state index contributed by atoms with van der Waals surface area (Å²) in [4.78, 5) is 7.53. The van der Waals surface area contributed by atoms with E-state index in [0.29, 0.717) is 21.3 Å². The molecule has 0 spiro atoms. The third-order valence-corrected chi connectivity index (χ3v) is 3.74. The van der Waals surface area contributed by atoms with Crippen LogP contribution in [0.4, 0.5) is 0 Å². The molecule has 17 heavy (non-hydrogen) atoms. The molecule has 0 radical (unpaired) electrons. The summed E-state index contributed by atoms with van der Waals surface area (Å²) in [6.45, 7) is 4.91. The van der Waals surface area contributed by atoms with Gasteiger partial charge in [0.25, 0.3) is 0 Å². The summed E-state index contributed by atoms with van der Waals surface area (Å²) in [5.74, 6) is 0.895. The summed E-state index contributed by atoms with van der Waals surface area (Å²) in [6.07, 6.45) is 1.78. The van der Waals surface area contributed by atoms with Crippen molar-refractivity contribution in [3.63, 3.8) is 0 Å². The van der Waals surface area contributed by atoms with Gasteiger partial charge < -0.3 is 10.3 Å². The first-order valence-electron chi connectivity index (χ1n) is 5.28. The van der Waals surface area contributed by atoms with Gasteiger partial charge in [0.2, 0.25) is 0 Å². The molecule has 0 aromatic carbocycles. The van der Waals surface area contributed by atoms with Crippen molar-refractivity contribution < 1.29 is 0 Å². The Morgan fingerprint density at radius 3 is 2.82 bits per heavy atom. The topological polar surface area (TPSA) is 40.7 Å². The molecule has 0 saturated carbocycles. The molecule has 0 aliphatic carbocycles. The third-order valence-electron chi connectivity index (χ3n) is 2.25. The number of imidazole rings is 1. The van der Waals surface area contributed by atoms with Gasteiger partial charge in [-0.25, -0.2) is 4.98 Å². The van der Waals surface area contributed by atoms with E-state index in [2.05, 4.69) is 29.1 Å². The van der Waals surface area contributed by atoms with Gasteiger partial charge in [0, 0.05) is 11.6 Å². The SMILES string of the molecule is CC(C)NCc1ncc(-c2cc(Cl)sc2Cl)[nH]1. The molecule has 0 atom stereocenters. The lowest BCUT2D eigenvalue weighted by atomic mass is 10.3. The summed E-state index contributed by atoms with van der Waals surface area (Å²) in [7, 11) is 0. The summed E-state index contributed by atoms with van der Waals surface area (Å²) in [5.41, 5.74) is 1.81. The molecule has 2 aromatic rings. The minimum absolute atomic E-state index is 0.433. The lowest BCUT2D eigenvalue weighted by Crippen LogP contribution is -2.22. The molecule has 3 nitrogen and oxygen atoms in total. The Balaban J connectivity index is 2.15. The lowest BCUT2D eigenvalue weighted by molar-refractivity contribution is 0.575. The molecule has 92 valence electrons. The first-order valence-corrected chi connectivity index (χ1v) is 6.86. The van der Waals surface area contributed by atoms with Crippen LogP contribution in [-0.4, -0.2) is 16.0 Å². The standard InChI is InChI=1S/C11H13Cl2N3S/c1-6(2)14-5-10-15-4-8(16-10)7-3-9(12)17-11(7)13/h3-4,6,14H,5H2,1-2H3,(H,15,16). The molecule has 0 fully saturated rings. The third kappa shape index (κ3) is 3.22. The Labute approximate surface area is 114 Å². The summed E-state index contributed by atoms with van der Waals surface area (Å²) < 4.78 is 1.36. The van der Waals surface area contributed by atoms with Gasteiger partial charge >= 0.3 is 0 Å². The van der Waals surface area contributed by atoms with Crippen molar-refractivity contribution in [1.29, 1.82) is 0 Å². The minimum atomic E-state index is 0.433. The average Bonchev–Trinajstić information content (AvgIpc) is 2.82. The van der Waals surface area contributed by atoms with Crippen LogP contribution in [0, 0.1) is 0 Å². The Morgan fingerprint density at radius 2 is 2.24 bits per heavy atom. The number of hydrogen-bond donors (Lipinski definition) is 2. The summed E-state index contributed by atoms with van der Waals surface area (Å²) >= 11 is 13.4. The minimum Gasteiger partial charge on any atom is -0.341 e. The van der Waals surface area contributed by atoms with Crippen LogP contribution in [0.3, 0.4) is 0 Å². The molecule has 6 heteroatoms. The monoisotopic (exact) mass is 289 g/mol. The first kappa shape index (κ1) is 12.9. The Bertz CT molecular complexity index is 505. The number of aromatic nitrogens is 2. The fourth-order valence-electron chi connectivity index (χ4n) is 1.41. The van der Waals surface area contributed by atoms with Crippen molar-refractivity contribution in [1.82, 2.24) is 15.3 Å². The normalized spacial score (nSPS) is 11.4. The molecule has 2 rings (SSSR count). The van der Waals surface area contributed by atoms with Crippen LogP contribution < -0.4 is 5.32 Å². The molecule has 2 aromatic heterocycles. The number of halogens is 2. The van der Waals surface area contributed by atoms with Gasteiger partial charge in [0.15, 0.2) is 0 Å². The van der Waals surface area contributed by atoms with Crippen LogP contribution in [0.2, 0.25) is 8.67 Å². The zero-order valence-electron chi connectivity index (χ0n) is 9.55. The highest BCUT2D eigenvalue weighted by atomic mass is 35.5. The predicted molar refractivity (Wildman–Crippen MR) is 73.9 cm³/mol. The van der Waals surface area contributed by atoms with E-state index in [-0.39, 0.29) is 0 Å². The number of aromatic amines is 1. The summed E-state index contributed by atoms with van der Waals surface area (Å²) in [6, 6.07) is 2.28. The molecule has 0 aliphatic heterocycles. The second-order valence-corrected chi connectivity index (χ2v) is 6.30. The lowest BCUT2D eigenvalue weighted by Gasteiger charge is -2.04. The van der Waals surface area contributed by atoms with Crippen LogP contribution in [-0.2, 0) is 6.54 Å². The highest BCUT2D eigenvalue weighted by Gasteiger charge is 2.11. The fraction of sp³-hybridized carbons (Fsp3) is 0.364. The maximum Gasteiger partial charge on any atom is 0.120 e. The molecular weight excluding hydrogens is 277 g/mol. The average molecular weight is 290 g/mol. The fourth-order valence-corrected chi connectivity index (χ4v) is 2.91. The van der Waals surface area contributed by atoms with Crippen molar-refractivity contribution in [2.45, 2.75) is 26.4 Å². The van der Waals surface area contributed by atoms with Crippen molar-refractivity contribution in [3.05, 3.63) is 26.8 Å². The molecular formula is C11H13Cl2N3S. The van der Waals surface area contributed by atoms with Crippen LogP contribution in [0.1, 0.15) is 19.7 Å². The van der Waals surface area contributed by atoms with E-state index in [1.807, 2.05) is 6.07 Å². The number of H-pyrrole nitrogens is 1. The number of nitrogens with zero attached hydrogens (tertiary/aromatic N) is 1. The zero-order chi connectivity index (χ0) is 12.4. The van der Waals surface area contributed by atoms with E-state index < -0.39 is 0 Å². The number of thiophene rings is 1. The number of nitrogens with one attached hydrogen (secondary N) is 2. The van der Waals surface area contributed by atoms with E-state index in [1.165, 1.54) is 11.3 Å². The number of hydrogen-bond acceptors (Lipinski definition) is 3. The van der Waals surface area contributed by atoms with Crippen LogP contribution in [0.5, 0.6) is 0 Å². The maximum absolute atomic E-state index is 6.09. The highest BCUT2D eigenvalue weighted by Crippen LogP contribution is 2.37. The van der Waals surface area contributed by atoms with Gasteiger partial charge in [-0.05, 0) is 6.07 Å². The second-order valence-electron chi connectivity index (χ2n) is 4.02. The quantitative estimate of drug-likeness (QED) is 0.895. The molecule has 2 heterocycles. The molecule has 0 aliphatic rings. The molecule has 0 unspecified atom stereocenters. The largest absolute Gasteiger partial charge is 0.341 e. The Hall–Kier alpha value is -0.550. The second kappa shape index (κ2) is 5.40. The van der Waals surface area contributed by atoms with E-state index >= 15 is 0 Å². The van der Waals surface area contributed by atoms with Crippen LogP contribution in [0.15, 0.2) is 12.3 Å². The Morgan fingerprint density at radius 1 is 1.47 bits per heavy atom. The summed E-state index contributed by atoms with van der Waals surface area (Å²) in [5, 5.41) is 3.30. The van der Waals surface area contributed by atoms with Crippen LogP contribution >= 0.6 is 34.5 Å². The van der Waals surface area contributed by atoms with Gasteiger partial charge in [-0.1, -0.05) is 37.0 Å². The van der Waals surface area contributed by atoms with E-state index in [1.54, 1.807) is 6.20 Å². The van der Waals surface area contributed by atoms with Gasteiger partial charge in [0.05, 0.1) is 22.8 Å². The van der Waals surface area contributed by atoms with Gasteiger partial charge in [-0.15, -0.1) is 11.3 Å². The number of rotatable bonds is 4. The zero-order valence-corrected chi connectivity index (χ0v) is 11.9. The van der Waals surface area contributed by atoms with Crippen molar-refractivity contribution in [3.8, 4) is 11.3 Å². The highest BCUT2D eigenvalue weighted by molar-refractivity contribution is 7.20. The van der Waals surface area contributed by atoms with E-state index in [4.69, 9.17) is 23.2 Å². The van der Waals surface area contributed by atoms with Gasteiger partial charge in [0.1, 0.15) is 10.2 Å². The van der Waals surface area contributed by atoms with Crippen molar-refractivity contribution in [2.24, 2.45) is 0 Å². The van der Waals surface area contributed by atoms with Gasteiger partial charge in [-0.2, -0.15) is 0 Å².